The smallest absolute Gasteiger partial charge is 0.0952 e. The number of fused-ring (bicyclic) bond motifs is 1. The topological polar surface area (TPSA) is 41.7 Å². The van der Waals surface area contributed by atoms with E-state index < -0.39 is 0 Å². The Balaban J connectivity index is 2.35. The van der Waals surface area contributed by atoms with Gasteiger partial charge in [-0.05, 0) is 12.3 Å². The lowest BCUT2D eigenvalue weighted by Gasteiger charge is -2.03. The molecular weight excluding hydrogens is 162 g/mol. The van der Waals surface area contributed by atoms with Crippen molar-refractivity contribution in [3.8, 4) is 0 Å². The van der Waals surface area contributed by atoms with Gasteiger partial charge >= 0.3 is 0 Å². The molecule has 0 bridgehead atoms. The molecule has 1 aromatic rings. The maximum Gasteiger partial charge on any atom is 0.0952 e. The Hall–Kier alpha value is -1.12. The first-order valence-electron chi connectivity index (χ1n) is 4.77. The molecule has 3 heteroatoms. The molecule has 2 rings (SSSR count). The van der Waals surface area contributed by atoms with Gasteiger partial charge in [-0.2, -0.15) is 0 Å². The Labute approximate surface area is 78.3 Å². The van der Waals surface area contributed by atoms with Crippen molar-refractivity contribution in [2.24, 2.45) is 5.92 Å². The number of imidazole rings is 1. The molecule has 2 heterocycles. The summed E-state index contributed by atoms with van der Waals surface area (Å²) >= 11 is 0. The lowest BCUT2D eigenvalue weighted by atomic mass is 10.0. The van der Waals surface area contributed by atoms with E-state index >= 15 is 0 Å². The fourth-order valence-corrected chi connectivity index (χ4v) is 1.99. The third-order valence-electron chi connectivity index (χ3n) is 2.71. The van der Waals surface area contributed by atoms with E-state index in [-0.39, 0.29) is 5.92 Å². The summed E-state index contributed by atoms with van der Waals surface area (Å²) in [5.74, 6) is 0.899. The second kappa shape index (κ2) is 2.98. The summed E-state index contributed by atoms with van der Waals surface area (Å²) in [5, 5.41) is 7.22. The molecule has 0 aromatic carbocycles. The van der Waals surface area contributed by atoms with Crippen LogP contribution in [0.2, 0.25) is 0 Å². The van der Waals surface area contributed by atoms with Crippen LogP contribution in [-0.4, -0.2) is 15.8 Å². The summed E-state index contributed by atoms with van der Waals surface area (Å²) in [6.45, 7) is 5.37. The molecule has 0 amide bonds. The van der Waals surface area contributed by atoms with Gasteiger partial charge in [0.2, 0.25) is 0 Å². The minimum Gasteiger partial charge on any atom is -0.334 e. The van der Waals surface area contributed by atoms with Crippen LogP contribution in [0.1, 0.15) is 31.2 Å². The van der Waals surface area contributed by atoms with Crippen LogP contribution in [0.5, 0.6) is 0 Å². The number of nitrogens with one attached hydrogen (secondary N) is 1. The fourth-order valence-electron chi connectivity index (χ4n) is 1.99. The quantitative estimate of drug-likeness (QED) is 0.688. The van der Waals surface area contributed by atoms with E-state index in [0.29, 0.717) is 0 Å². The summed E-state index contributed by atoms with van der Waals surface area (Å²) < 4.78 is 2.22. The number of hydrogen-bond acceptors (Lipinski definition) is 2. The maximum atomic E-state index is 7.22. The van der Waals surface area contributed by atoms with Crippen LogP contribution in [-0.2, 0) is 13.0 Å². The maximum absolute atomic E-state index is 7.22. The van der Waals surface area contributed by atoms with Gasteiger partial charge in [-0.1, -0.05) is 13.8 Å². The van der Waals surface area contributed by atoms with Gasteiger partial charge in [-0.25, -0.2) is 4.98 Å². The second-order valence-electron chi connectivity index (χ2n) is 3.99. The lowest BCUT2D eigenvalue weighted by molar-refractivity contribution is 0.559. The van der Waals surface area contributed by atoms with E-state index in [2.05, 4.69) is 16.5 Å². The first-order chi connectivity index (χ1) is 6.22. The highest BCUT2D eigenvalue weighted by Gasteiger charge is 2.23. The van der Waals surface area contributed by atoms with E-state index in [4.69, 9.17) is 5.41 Å². The van der Waals surface area contributed by atoms with Crippen molar-refractivity contribution in [3.05, 3.63) is 17.7 Å². The Kier molecular flexibility index (Phi) is 1.94. The molecule has 0 spiro atoms. The molecule has 2 unspecified atom stereocenters. The van der Waals surface area contributed by atoms with Crippen LogP contribution in [0.15, 0.2) is 6.33 Å². The summed E-state index contributed by atoms with van der Waals surface area (Å²) in [6.07, 6.45) is 4.49. The SMILES string of the molecule is CC1Cc2c(C(C)C=N)ncn2C1. The number of nitrogens with zero attached hydrogens (tertiary/aromatic N) is 2. The van der Waals surface area contributed by atoms with Gasteiger partial charge in [0, 0.05) is 24.4 Å². The molecule has 13 heavy (non-hydrogen) atoms. The van der Waals surface area contributed by atoms with Gasteiger partial charge in [0.1, 0.15) is 0 Å². The van der Waals surface area contributed by atoms with Crippen molar-refractivity contribution >= 4 is 6.21 Å². The lowest BCUT2D eigenvalue weighted by Crippen LogP contribution is -2.00. The van der Waals surface area contributed by atoms with Crippen molar-refractivity contribution in [2.45, 2.75) is 32.7 Å². The van der Waals surface area contributed by atoms with Crippen LogP contribution in [0.4, 0.5) is 0 Å². The zero-order valence-electron chi connectivity index (χ0n) is 8.12. The highest BCUT2D eigenvalue weighted by molar-refractivity contribution is 5.63. The molecule has 0 saturated heterocycles. The zero-order valence-corrected chi connectivity index (χ0v) is 8.12. The third-order valence-corrected chi connectivity index (χ3v) is 2.71. The minimum absolute atomic E-state index is 0.168. The molecular formula is C10H15N3. The van der Waals surface area contributed by atoms with Crippen LogP contribution >= 0.6 is 0 Å². The summed E-state index contributed by atoms with van der Waals surface area (Å²) in [7, 11) is 0. The molecule has 70 valence electrons. The van der Waals surface area contributed by atoms with Gasteiger partial charge in [-0.3, -0.25) is 0 Å². The highest BCUT2D eigenvalue weighted by Crippen LogP contribution is 2.26. The van der Waals surface area contributed by atoms with Gasteiger partial charge < -0.3 is 9.98 Å². The Morgan fingerprint density at radius 1 is 1.77 bits per heavy atom. The Morgan fingerprint density at radius 3 is 3.23 bits per heavy atom. The molecule has 0 saturated carbocycles. The predicted octanol–water partition coefficient (Wildman–Crippen LogP) is 1.83. The number of aromatic nitrogens is 2. The van der Waals surface area contributed by atoms with Crippen molar-refractivity contribution in [1.29, 1.82) is 5.41 Å². The zero-order chi connectivity index (χ0) is 9.42. The van der Waals surface area contributed by atoms with Crippen molar-refractivity contribution in [1.82, 2.24) is 9.55 Å². The van der Waals surface area contributed by atoms with Crippen LogP contribution in [0, 0.1) is 11.3 Å². The Bertz CT molecular complexity index is 327. The van der Waals surface area contributed by atoms with Gasteiger partial charge in [0.05, 0.1) is 12.0 Å². The fraction of sp³-hybridized carbons (Fsp3) is 0.600. The number of rotatable bonds is 2. The largest absolute Gasteiger partial charge is 0.334 e. The molecule has 0 radical (unpaired) electrons. The van der Waals surface area contributed by atoms with Crippen molar-refractivity contribution in [2.75, 3.05) is 0 Å². The van der Waals surface area contributed by atoms with E-state index in [1.165, 1.54) is 11.9 Å². The summed E-state index contributed by atoms with van der Waals surface area (Å²) in [4.78, 5) is 4.35. The average Bonchev–Trinajstić information content (AvgIpc) is 2.61. The van der Waals surface area contributed by atoms with Crippen molar-refractivity contribution in [3.63, 3.8) is 0 Å². The van der Waals surface area contributed by atoms with E-state index in [9.17, 15) is 0 Å². The molecule has 1 aliphatic rings. The van der Waals surface area contributed by atoms with Crippen LogP contribution in [0.25, 0.3) is 0 Å². The molecule has 3 nitrogen and oxygen atoms in total. The average molecular weight is 177 g/mol. The molecule has 0 aliphatic carbocycles. The van der Waals surface area contributed by atoms with Gasteiger partial charge in [0.25, 0.3) is 0 Å². The van der Waals surface area contributed by atoms with Crippen LogP contribution in [0.3, 0.4) is 0 Å². The van der Waals surface area contributed by atoms with E-state index in [0.717, 1.165) is 24.6 Å². The van der Waals surface area contributed by atoms with Crippen molar-refractivity contribution < 1.29 is 0 Å². The van der Waals surface area contributed by atoms with E-state index in [1.807, 2.05) is 13.3 Å². The Morgan fingerprint density at radius 2 is 2.54 bits per heavy atom. The molecule has 1 aromatic heterocycles. The van der Waals surface area contributed by atoms with Gasteiger partial charge in [0.15, 0.2) is 0 Å². The standard InChI is InChI=1S/C10H15N3/c1-7-3-9-10(8(2)4-11)12-6-13(9)5-7/h4,6-8,11H,3,5H2,1-2H3. The van der Waals surface area contributed by atoms with Crippen LogP contribution < -0.4 is 0 Å². The highest BCUT2D eigenvalue weighted by atomic mass is 15.1. The normalized spacial score (nSPS) is 22.8. The summed E-state index contributed by atoms with van der Waals surface area (Å²) in [5.41, 5.74) is 2.43. The summed E-state index contributed by atoms with van der Waals surface area (Å²) in [6, 6.07) is 0. The third kappa shape index (κ3) is 1.28. The number of hydrogen-bond donors (Lipinski definition) is 1. The minimum atomic E-state index is 0.168. The molecule has 1 N–H and O–H groups in total. The van der Waals surface area contributed by atoms with Gasteiger partial charge in [-0.15, -0.1) is 0 Å². The molecule has 1 aliphatic heterocycles. The van der Waals surface area contributed by atoms with E-state index in [1.54, 1.807) is 0 Å². The predicted molar refractivity (Wildman–Crippen MR) is 52.3 cm³/mol. The first-order valence-corrected chi connectivity index (χ1v) is 4.77. The monoisotopic (exact) mass is 177 g/mol. The second-order valence-corrected chi connectivity index (χ2v) is 3.99. The first kappa shape index (κ1) is 8.48. The molecule has 0 fully saturated rings. The molecule has 2 atom stereocenters.